The fourth-order valence-corrected chi connectivity index (χ4v) is 5.12. The third-order valence-corrected chi connectivity index (χ3v) is 6.93. The Hall–Kier alpha value is -2.08. The fraction of sp³-hybridized carbons (Fsp3) is 0.421. The summed E-state index contributed by atoms with van der Waals surface area (Å²) in [6.07, 6.45) is 0.525. The average Bonchev–Trinajstić information content (AvgIpc) is 2.98. The van der Waals surface area contributed by atoms with Crippen molar-refractivity contribution in [3.63, 3.8) is 0 Å². The van der Waals surface area contributed by atoms with Crippen LogP contribution >= 0.6 is 0 Å². The van der Waals surface area contributed by atoms with Crippen LogP contribution in [0.2, 0.25) is 0 Å². The molecule has 6 heteroatoms. The first kappa shape index (κ1) is 17.7. The summed E-state index contributed by atoms with van der Waals surface area (Å²) in [7, 11) is 0.598. The van der Waals surface area contributed by atoms with Gasteiger partial charge >= 0.3 is 0 Å². The molecule has 1 saturated heterocycles. The maximum absolute atomic E-state index is 12.8. The van der Waals surface area contributed by atoms with Gasteiger partial charge < -0.3 is 9.80 Å². The van der Waals surface area contributed by atoms with E-state index in [1.807, 2.05) is 43.1 Å². The monoisotopic (exact) mass is 360 g/mol. The van der Waals surface area contributed by atoms with Gasteiger partial charge in [0.05, 0.1) is 11.5 Å². The standard InChI is InChI=1S/C19H24N2O3S/c1-14(19(22)21(3)18-10-11-25(23,24)13-18)20(2)17-9-8-15-6-4-5-7-16(15)12-17/h4-9,12,14,18H,10-11,13H2,1-3H3. The molecule has 1 aliphatic heterocycles. The van der Waals surface area contributed by atoms with E-state index < -0.39 is 9.84 Å². The smallest absolute Gasteiger partial charge is 0.244 e. The Morgan fingerprint density at radius 1 is 1.12 bits per heavy atom. The zero-order chi connectivity index (χ0) is 18.2. The van der Waals surface area contributed by atoms with Crippen LogP contribution in [0.25, 0.3) is 10.8 Å². The van der Waals surface area contributed by atoms with Gasteiger partial charge in [0.25, 0.3) is 0 Å². The second-order valence-corrected chi connectivity index (χ2v) is 9.05. The largest absolute Gasteiger partial charge is 0.363 e. The molecule has 2 unspecified atom stereocenters. The van der Waals surface area contributed by atoms with E-state index in [0.29, 0.717) is 6.42 Å². The molecule has 25 heavy (non-hydrogen) atoms. The number of benzene rings is 2. The van der Waals surface area contributed by atoms with E-state index in [1.165, 1.54) is 0 Å². The summed E-state index contributed by atoms with van der Waals surface area (Å²) in [5.74, 6) is 0.184. The lowest BCUT2D eigenvalue weighted by Gasteiger charge is -2.32. The average molecular weight is 360 g/mol. The van der Waals surface area contributed by atoms with Crippen molar-refractivity contribution < 1.29 is 13.2 Å². The van der Waals surface area contributed by atoms with Crippen LogP contribution in [0.4, 0.5) is 5.69 Å². The van der Waals surface area contributed by atoms with E-state index >= 15 is 0 Å². The summed E-state index contributed by atoms with van der Waals surface area (Å²) >= 11 is 0. The summed E-state index contributed by atoms with van der Waals surface area (Å²) in [6.45, 7) is 1.86. The number of carbonyl (C=O) groups excluding carboxylic acids is 1. The number of hydrogen-bond acceptors (Lipinski definition) is 4. The molecule has 0 spiro atoms. The Morgan fingerprint density at radius 2 is 1.80 bits per heavy atom. The molecule has 0 bridgehead atoms. The molecule has 3 rings (SSSR count). The van der Waals surface area contributed by atoms with Crippen LogP contribution in [0.3, 0.4) is 0 Å². The third-order valence-electron chi connectivity index (χ3n) is 5.18. The van der Waals surface area contributed by atoms with Crippen molar-refractivity contribution >= 4 is 32.2 Å². The third kappa shape index (κ3) is 3.63. The lowest BCUT2D eigenvalue weighted by atomic mass is 10.1. The van der Waals surface area contributed by atoms with Crippen molar-refractivity contribution in [1.29, 1.82) is 0 Å². The second kappa shape index (κ2) is 6.67. The summed E-state index contributed by atoms with van der Waals surface area (Å²) in [4.78, 5) is 16.4. The quantitative estimate of drug-likeness (QED) is 0.840. The summed E-state index contributed by atoms with van der Waals surface area (Å²) in [6, 6.07) is 13.6. The topological polar surface area (TPSA) is 57.7 Å². The van der Waals surface area contributed by atoms with Gasteiger partial charge in [0.2, 0.25) is 5.91 Å². The minimum Gasteiger partial charge on any atom is -0.363 e. The van der Waals surface area contributed by atoms with Crippen LogP contribution in [0.1, 0.15) is 13.3 Å². The molecule has 1 fully saturated rings. The van der Waals surface area contributed by atoms with Crippen LogP contribution in [-0.4, -0.2) is 56.9 Å². The SMILES string of the molecule is CC(C(=O)N(C)C1CCS(=O)(=O)C1)N(C)c1ccc2ccccc2c1. The highest BCUT2D eigenvalue weighted by Crippen LogP contribution is 2.24. The molecule has 0 aliphatic carbocycles. The van der Waals surface area contributed by atoms with Crippen LogP contribution in [0.5, 0.6) is 0 Å². The number of hydrogen-bond donors (Lipinski definition) is 0. The van der Waals surface area contributed by atoms with Gasteiger partial charge in [0.1, 0.15) is 6.04 Å². The number of rotatable bonds is 4. The molecule has 0 saturated carbocycles. The highest BCUT2D eigenvalue weighted by molar-refractivity contribution is 7.91. The van der Waals surface area contributed by atoms with Crippen molar-refractivity contribution in [1.82, 2.24) is 4.90 Å². The molecule has 5 nitrogen and oxygen atoms in total. The van der Waals surface area contributed by atoms with Crippen molar-refractivity contribution in [2.75, 3.05) is 30.5 Å². The van der Waals surface area contributed by atoms with Gasteiger partial charge in [-0.1, -0.05) is 30.3 Å². The van der Waals surface area contributed by atoms with E-state index in [1.54, 1.807) is 11.9 Å². The van der Waals surface area contributed by atoms with Crippen molar-refractivity contribution in [3.05, 3.63) is 42.5 Å². The van der Waals surface area contributed by atoms with E-state index in [-0.39, 0.29) is 29.5 Å². The summed E-state index contributed by atoms with van der Waals surface area (Å²) < 4.78 is 23.3. The number of sulfone groups is 1. The van der Waals surface area contributed by atoms with Crippen LogP contribution in [0.15, 0.2) is 42.5 Å². The molecule has 0 aromatic heterocycles. The summed E-state index contributed by atoms with van der Waals surface area (Å²) in [5.41, 5.74) is 0.965. The maximum Gasteiger partial charge on any atom is 0.244 e. The number of anilines is 1. The molecule has 2 atom stereocenters. The van der Waals surface area contributed by atoms with Gasteiger partial charge in [0.15, 0.2) is 9.84 Å². The molecule has 0 N–H and O–H groups in total. The Kier molecular flexibility index (Phi) is 4.73. The maximum atomic E-state index is 12.8. The van der Waals surface area contributed by atoms with Gasteiger partial charge in [-0.05, 0) is 36.2 Å². The Morgan fingerprint density at radius 3 is 2.44 bits per heavy atom. The van der Waals surface area contributed by atoms with E-state index in [9.17, 15) is 13.2 Å². The molecule has 1 amide bonds. The van der Waals surface area contributed by atoms with Crippen molar-refractivity contribution in [3.8, 4) is 0 Å². The zero-order valence-electron chi connectivity index (χ0n) is 14.8. The van der Waals surface area contributed by atoms with Gasteiger partial charge in [-0.25, -0.2) is 8.42 Å². The van der Waals surface area contributed by atoms with Crippen LogP contribution in [-0.2, 0) is 14.6 Å². The van der Waals surface area contributed by atoms with Gasteiger partial charge in [-0.3, -0.25) is 4.79 Å². The lowest BCUT2D eigenvalue weighted by molar-refractivity contribution is -0.132. The molecular weight excluding hydrogens is 336 g/mol. The highest BCUT2D eigenvalue weighted by Gasteiger charge is 2.34. The van der Waals surface area contributed by atoms with Crippen molar-refractivity contribution in [2.45, 2.75) is 25.4 Å². The Balaban J connectivity index is 1.76. The number of nitrogens with zero attached hydrogens (tertiary/aromatic N) is 2. The van der Waals surface area contributed by atoms with E-state index in [4.69, 9.17) is 0 Å². The predicted octanol–water partition coefficient (Wildman–Crippen LogP) is 2.31. The Bertz CT molecular complexity index is 894. The zero-order valence-corrected chi connectivity index (χ0v) is 15.7. The lowest BCUT2D eigenvalue weighted by Crippen LogP contribution is -2.48. The second-order valence-electron chi connectivity index (χ2n) is 6.82. The molecule has 1 aliphatic rings. The van der Waals surface area contributed by atoms with Crippen LogP contribution in [0, 0.1) is 0 Å². The Labute approximate surface area is 149 Å². The van der Waals surface area contributed by atoms with Crippen LogP contribution < -0.4 is 4.90 Å². The molecule has 134 valence electrons. The highest BCUT2D eigenvalue weighted by atomic mass is 32.2. The van der Waals surface area contributed by atoms with Crippen molar-refractivity contribution in [2.24, 2.45) is 0 Å². The molecule has 0 radical (unpaired) electrons. The summed E-state index contributed by atoms with van der Waals surface area (Å²) in [5, 5.41) is 2.29. The van der Waals surface area contributed by atoms with Gasteiger partial charge in [-0.15, -0.1) is 0 Å². The first-order valence-corrected chi connectivity index (χ1v) is 10.3. The molecular formula is C19H24N2O3S. The first-order valence-electron chi connectivity index (χ1n) is 8.47. The molecule has 2 aromatic rings. The number of carbonyl (C=O) groups is 1. The normalized spacial score (nSPS) is 20.4. The number of fused-ring (bicyclic) bond motifs is 1. The van der Waals surface area contributed by atoms with Gasteiger partial charge in [0, 0.05) is 25.8 Å². The molecule has 1 heterocycles. The van der Waals surface area contributed by atoms with Gasteiger partial charge in [-0.2, -0.15) is 0 Å². The van der Waals surface area contributed by atoms with E-state index in [2.05, 4.69) is 18.2 Å². The minimum atomic E-state index is -3.00. The molecule has 2 aromatic carbocycles. The fourth-order valence-electron chi connectivity index (χ4n) is 3.34. The predicted molar refractivity (Wildman–Crippen MR) is 102 cm³/mol. The number of likely N-dealkylation sites (N-methyl/N-ethyl adjacent to an activating group) is 2. The number of amides is 1. The first-order chi connectivity index (χ1) is 11.8. The van der Waals surface area contributed by atoms with E-state index in [0.717, 1.165) is 16.5 Å². The minimum absolute atomic E-state index is 0.0576.